The van der Waals surface area contributed by atoms with E-state index in [1.807, 2.05) is 12.1 Å². The van der Waals surface area contributed by atoms with Gasteiger partial charge in [-0.2, -0.15) is 0 Å². The molecule has 0 unspecified atom stereocenters. The van der Waals surface area contributed by atoms with Gasteiger partial charge in [0, 0.05) is 49.8 Å². The summed E-state index contributed by atoms with van der Waals surface area (Å²) in [6.45, 7) is 5.81. The molecule has 10 heteroatoms. The first-order valence-electron chi connectivity index (χ1n) is 12.8. The third kappa shape index (κ3) is 8.59. The monoisotopic (exact) mass is 530 g/mol. The number of hydrogen-bond acceptors (Lipinski definition) is 10. The van der Waals surface area contributed by atoms with Gasteiger partial charge in [-0.3, -0.25) is 9.59 Å². The predicted molar refractivity (Wildman–Crippen MR) is 144 cm³/mol. The number of ketones is 2. The zero-order valence-electron chi connectivity index (χ0n) is 22.2. The van der Waals surface area contributed by atoms with Crippen molar-refractivity contribution < 1.29 is 38.0 Å². The van der Waals surface area contributed by atoms with Gasteiger partial charge in [-0.05, 0) is 12.1 Å². The van der Waals surface area contributed by atoms with Gasteiger partial charge < -0.3 is 39.1 Å². The molecule has 0 spiro atoms. The lowest BCUT2D eigenvalue weighted by atomic mass is 9.82. The van der Waals surface area contributed by atoms with Gasteiger partial charge in [0.05, 0.1) is 77.2 Å². The topological polar surface area (TPSA) is 114 Å². The predicted octanol–water partition coefficient (Wildman–Crippen LogP) is 2.65. The minimum atomic E-state index is -0.182. The van der Waals surface area contributed by atoms with Crippen LogP contribution in [0.3, 0.4) is 0 Å². The molecular formula is C28H38N2O8. The Morgan fingerprint density at radius 3 is 1.29 bits per heavy atom. The van der Waals surface area contributed by atoms with Crippen molar-refractivity contribution >= 4 is 22.9 Å². The fourth-order valence-electron chi connectivity index (χ4n) is 3.96. The van der Waals surface area contributed by atoms with E-state index in [2.05, 4.69) is 10.6 Å². The minimum Gasteiger partial charge on any atom is -0.382 e. The van der Waals surface area contributed by atoms with Crippen molar-refractivity contribution in [3.8, 4) is 0 Å². The maximum absolute atomic E-state index is 13.5. The average Bonchev–Trinajstić information content (AvgIpc) is 2.94. The smallest absolute Gasteiger partial charge is 0.196 e. The van der Waals surface area contributed by atoms with Crippen LogP contribution in [0.2, 0.25) is 0 Å². The number of methoxy groups -OCH3 is 2. The van der Waals surface area contributed by atoms with Crippen LogP contribution >= 0.6 is 0 Å². The summed E-state index contributed by atoms with van der Waals surface area (Å²) in [6.07, 6.45) is 0. The quantitative estimate of drug-likeness (QED) is 0.211. The molecule has 0 aliphatic heterocycles. The van der Waals surface area contributed by atoms with Crippen LogP contribution in [-0.4, -0.2) is 105 Å². The molecule has 10 nitrogen and oxygen atoms in total. The number of ether oxygens (including phenoxy) is 6. The number of nitrogens with one attached hydrogen (secondary N) is 2. The van der Waals surface area contributed by atoms with E-state index in [4.69, 9.17) is 28.4 Å². The first-order chi connectivity index (χ1) is 18.7. The minimum absolute atomic E-state index is 0.182. The SMILES string of the molecule is COCCOCCOCCNc1ccc(NCCOCCOCCOC)c2c1C(=O)c1ccccc1C2=O. The second kappa shape index (κ2) is 16.9. The molecule has 38 heavy (non-hydrogen) atoms. The Kier molecular flexibility index (Phi) is 13.2. The van der Waals surface area contributed by atoms with Gasteiger partial charge >= 0.3 is 0 Å². The second-order valence-corrected chi connectivity index (χ2v) is 8.40. The zero-order chi connectivity index (χ0) is 27.0. The summed E-state index contributed by atoms with van der Waals surface area (Å²) in [7, 11) is 3.25. The molecule has 0 saturated heterocycles. The molecule has 0 saturated carbocycles. The van der Waals surface area contributed by atoms with Crippen LogP contribution in [0, 0.1) is 0 Å². The van der Waals surface area contributed by atoms with Gasteiger partial charge in [0.15, 0.2) is 11.6 Å². The number of hydrogen-bond donors (Lipinski definition) is 2. The van der Waals surface area contributed by atoms with E-state index < -0.39 is 0 Å². The summed E-state index contributed by atoms with van der Waals surface area (Å²) in [5.74, 6) is -0.364. The molecule has 0 bridgehead atoms. The Balaban J connectivity index is 1.60. The second-order valence-electron chi connectivity index (χ2n) is 8.40. The summed E-state index contributed by atoms with van der Waals surface area (Å²) in [6, 6.07) is 10.6. The summed E-state index contributed by atoms with van der Waals surface area (Å²) in [5, 5.41) is 6.53. The van der Waals surface area contributed by atoms with Crippen LogP contribution in [0.25, 0.3) is 0 Å². The molecule has 0 heterocycles. The van der Waals surface area contributed by atoms with Crippen LogP contribution in [0.1, 0.15) is 31.8 Å². The van der Waals surface area contributed by atoms with E-state index >= 15 is 0 Å². The lowest BCUT2D eigenvalue weighted by molar-refractivity contribution is 0.0272. The van der Waals surface area contributed by atoms with E-state index in [1.165, 1.54) is 0 Å². The number of fused-ring (bicyclic) bond motifs is 2. The van der Waals surface area contributed by atoms with Crippen molar-refractivity contribution in [3.05, 3.63) is 58.7 Å². The maximum Gasteiger partial charge on any atom is 0.196 e. The third-order valence-electron chi connectivity index (χ3n) is 5.81. The van der Waals surface area contributed by atoms with Crippen molar-refractivity contribution in [2.24, 2.45) is 0 Å². The summed E-state index contributed by atoms with van der Waals surface area (Å²) in [5.41, 5.74) is 2.76. The highest BCUT2D eigenvalue weighted by Gasteiger charge is 2.33. The molecule has 1 aliphatic rings. The number of carbonyl (C=O) groups is 2. The number of carbonyl (C=O) groups excluding carboxylic acids is 2. The zero-order valence-corrected chi connectivity index (χ0v) is 22.2. The molecule has 2 aromatic carbocycles. The molecule has 0 atom stereocenters. The van der Waals surface area contributed by atoms with Crippen molar-refractivity contribution in [3.63, 3.8) is 0 Å². The highest BCUT2D eigenvalue weighted by molar-refractivity contribution is 6.31. The van der Waals surface area contributed by atoms with Gasteiger partial charge in [0.2, 0.25) is 0 Å². The van der Waals surface area contributed by atoms with Gasteiger partial charge in [-0.15, -0.1) is 0 Å². The Morgan fingerprint density at radius 1 is 0.526 bits per heavy atom. The van der Waals surface area contributed by atoms with Gasteiger partial charge in [-0.1, -0.05) is 24.3 Å². The number of benzene rings is 2. The van der Waals surface area contributed by atoms with Gasteiger partial charge in [0.1, 0.15) is 0 Å². The normalized spacial score (nSPS) is 12.4. The highest BCUT2D eigenvalue weighted by atomic mass is 16.5. The molecule has 0 aromatic heterocycles. The van der Waals surface area contributed by atoms with Crippen molar-refractivity contribution in [1.82, 2.24) is 0 Å². The lowest BCUT2D eigenvalue weighted by Gasteiger charge is -2.24. The van der Waals surface area contributed by atoms with Gasteiger partial charge in [0.25, 0.3) is 0 Å². The van der Waals surface area contributed by atoms with Crippen LogP contribution < -0.4 is 10.6 Å². The van der Waals surface area contributed by atoms with Crippen LogP contribution in [0.15, 0.2) is 36.4 Å². The number of anilines is 2. The van der Waals surface area contributed by atoms with Crippen molar-refractivity contribution in [2.75, 3.05) is 104 Å². The van der Waals surface area contributed by atoms with Crippen LogP contribution in [0.5, 0.6) is 0 Å². The summed E-state index contributed by atoms with van der Waals surface area (Å²) in [4.78, 5) is 27.0. The van der Waals surface area contributed by atoms with Crippen LogP contribution in [-0.2, 0) is 28.4 Å². The van der Waals surface area contributed by atoms with Crippen LogP contribution in [0.4, 0.5) is 11.4 Å². The first-order valence-corrected chi connectivity index (χ1v) is 12.8. The Morgan fingerprint density at radius 2 is 0.895 bits per heavy atom. The molecule has 208 valence electrons. The third-order valence-corrected chi connectivity index (χ3v) is 5.81. The summed E-state index contributed by atoms with van der Waals surface area (Å²) < 4.78 is 31.8. The molecule has 3 rings (SSSR count). The van der Waals surface area contributed by atoms with E-state index in [9.17, 15) is 9.59 Å². The summed E-state index contributed by atoms with van der Waals surface area (Å²) >= 11 is 0. The maximum atomic E-state index is 13.5. The van der Waals surface area contributed by atoms with Crippen molar-refractivity contribution in [2.45, 2.75) is 0 Å². The van der Waals surface area contributed by atoms with E-state index in [-0.39, 0.29) is 11.6 Å². The Hall–Kier alpha value is -2.86. The van der Waals surface area contributed by atoms with E-state index in [1.54, 1.807) is 38.5 Å². The standard InChI is InChI=1S/C28H38N2O8/c1-33-13-15-37-19-17-35-11-9-29-23-7-8-24(30-10-12-36-18-20-38-16-14-34-2)26-25(23)27(31)21-5-3-4-6-22(21)28(26)32/h3-8,29-30H,9-20H2,1-2H3. The molecule has 0 fully saturated rings. The van der Waals surface area contributed by atoms with E-state index in [0.29, 0.717) is 113 Å². The molecule has 0 amide bonds. The average molecular weight is 531 g/mol. The van der Waals surface area contributed by atoms with Crippen molar-refractivity contribution in [1.29, 1.82) is 0 Å². The lowest BCUT2D eigenvalue weighted by Crippen LogP contribution is -2.25. The molecule has 1 aliphatic carbocycles. The molecule has 2 N–H and O–H groups in total. The molecule has 0 radical (unpaired) electrons. The highest BCUT2D eigenvalue weighted by Crippen LogP contribution is 2.36. The number of rotatable bonds is 20. The Bertz CT molecular complexity index is 950. The van der Waals surface area contributed by atoms with E-state index in [0.717, 1.165) is 0 Å². The van der Waals surface area contributed by atoms with Gasteiger partial charge in [-0.25, -0.2) is 0 Å². The fraction of sp³-hybridized carbons (Fsp3) is 0.500. The first kappa shape index (κ1) is 29.7. The largest absolute Gasteiger partial charge is 0.382 e. The Labute approximate surface area is 223 Å². The fourth-order valence-corrected chi connectivity index (χ4v) is 3.96. The molecule has 2 aromatic rings. The molecular weight excluding hydrogens is 492 g/mol.